The number of likely N-dealkylation sites (N-methyl/N-ethyl adjacent to an activating group) is 1. The Morgan fingerprint density at radius 2 is 1.91 bits per heavy atom. The number of fused-ring (bicyclic) bond motifs is 3. The average molecular weight is 444 g/mol. The minimum absolute atomic E-state index is 0.506. The van der Waals surface area contributed by atoms with Crippen molar-refractivity contribution in [3.8, 4) is 34.0 Å². The normalized spacial score (nSPS) is 19.6. The fourth-order valence-corrected chi connectivity index (χ4v) is 5.20. The van der Waals surface area contributed by atoms with E-state index in [1.165, 1.54) is 31.2 Å². The fourth-order valence-electron chi connectivity index (χ4n) is 5.20. The zero-order valence-electron chi connectivity index (χ0n) is 19.2. The second-order valence-corrected chi connectivity index (χ2v) is 9.31. The van der Waals surface area contributed by atoms with E-state index in [1.54, 1.807) is 13.3 Å². The molecule has 2 fully saturated rings. The summed E-state index contributed by atoms with van der Waals surface area (Å²) in [6.45, 7) is 2.61. The van der Waals surface area contributed by atoms with Crippen molar-refractivity contribution < 1.29 is 9.47 Å². The largest absolute Gasteiger partial charge is 0.480 e. The lowest BCUT2D eigenvalue weighted by atomic mass is 9.91. The molecule has 1 saturated heterocycles. The molecule has 2 aromatic heterocycles. The highest BCUT2D eigenvalue weighted by Crippen LogP contribution is 2.40. The van der Waals surface area contributed by atoms with Crippen LogP contribution in [0.25, 0.3) is 22.3 Å². The summed E-state index contributed by atoms with van der Waals surface area (Å²) in [4.78, 5) is 9.93. The topological polar surface area (TPSA) is 63.6 Å². The number of rotatable bonds is 5. The number of nitrogens with zero attached hydrogens (tertiary/aromatic N) is 5. The van der Waals surface area contributed by atoms with Gasteiger partial charge in [-0.2, -0.15) is 10.1 Å². The average Bonchev–Trinajstić information content (AvgIpc) is 3.32. The summed E-state index contributed by atoms with van der Waals surface area (Å²) in [5.41, 5.74) is 5.42. The molecule has 7 heteroatoms. The van der Waals surface area contributed by atoms with Gasteiger partial charge in [-0.05, 0) is 61.2 Å². The Hall–Kier alpha value is -3.19. The first-order valence-electron chi connectivity index (χ1n) is 11.8. The van der Waals surface area contributed by atoms with E-state index in [0.29, 0.717) is 18.5 Å². The number of aromatic nitrogens is 3. The highest BCUT2D eigenvalue weighted by molar-refractivity contribution is 5.78. The molecule has 3 aromatic rings. The zero-order chi connectivity index (χ0) is 22.4. The molecule has 1 unspecified atom stereocenters. The van der Waals surface area contributed by atoms with Crippen molar-refractivity contribution in [1.29, 1.82) is 0 Å². The molecule has 33 heavy (non-hydrogen) atoms. The Kier molecular flexibility index (Phi) is 5.14. The number of anilines is 1. The number of methoxy groups -OCH3 is 1. The van der Waals surface area contributed by atoms with E-state index in [1.807, 2.05) is 6.07 Å². The number of benzene rings is 1. The van der Waals surface area contributed by atoms with E-state index >= 15 is 0 Å². The van der Waals surface area contributed by atoms with Crippen LogP contribution in [-0.2, 0) is 6.61 Å². The third kappa shape index (κ3) is 3.70. The Labute approximate surface area is 194 Å². The molecule has 0 radical (unpaired) electrons. The Morgan fingerprint density at radius 1 is 1.03 bits per heavy atom. The standard InChI is InChI=1S/C26H29N5O2/c1-30(20-4-3-5-20)21-10-11-31(15-21)24-9-8-23-22-7-6-17(12-19(22)16-33-26(23)28-24)18-13-25(32-2)29-27-14-18/h6-9,12-14,20-21H,3-5,10-11,15-16H2,1-2H3. The summed E-state index contributed by atoms with van der Waals surface area (Å²) in [7, 11) is 3.90. The Bertz CT molecular complexity index is 1180. The number of ether oxygens (including phenoxy) is 2. The predicted molar refractivity (Wildman–Crippen MR) is 128 cm³/mol. The summed E-state index contributed by atoms with van der Waals surface area (Å²) >= 11 is 0. The van der Waals surface area contributed by atoms with E-state index in [4.69, 9.17) is 14.5 Å². The van der Waals surface area contributed by atoms with Crippen molar-refractivity contribution in [2.24, 2.45) is 0 Å². The van der Waals surface area contributed by atoms with Gasteiger partial charge in [0.2, 0.25) is 11.8 Å². The van der Waals surface area contributed by atoms with Crippen LogP contribution < -0.4 is 14.4 Å². The molecule has 3 aliphatic rings. The Morgan fingerprint density at radius 3 is 2.73 bits per heavy atom. The quantitative estimate of drug-likeness (QED) is 0.586. The van der Waals surface area contributed by atoms with Crippen LogP contribution in [-0.4, -0.2) is 59.4 Å². The lowest BCUT2D eigenvalue weighted by Gasteiger charge is -2.38. The summed E-state index contributed by atoms with van der Waals surface area (Å²) in [6, 6.07) is 14.0. The smallest absolute Gasteiger partial charge is 0.233 e. The van der Waals surface area contributed by atoms with E-state index in [0.717, 1.165) is 53.1 Å². The van der Waals surface area contributed by atoms with Crippen molar-refractivity contribution in [3.05, 3.63) is 48.2 Å². The highest BCUT2D eigenvalue weighted by atomic mass is 16.5. The third-order valence-electron chi connectivity index (χ3n) is 7.49. The van der Waals surface area contributed by atoms with Gasteiger partial charge in [-0.1, -0.05) is 18.6 Å². The molecule has 2 aliphatic heterocycles. The van der Waals surface area contributed by atoms with E-state index in [-0.39, 0.29) is 0 Å². The predicted octanol–water partition coefficient (Wildman–Crippen LogP) is 4.17. The number of hydrogen-bond donors (Lipinski definition) is 0. The molecule has 1 saturated carbocycles. The lowest BCUT2D eigenvalue weighted by Crippen LogP contribution is -2.45. The minimum atomic E-state index is 0.506. The number of hydrogen-bond acceptors (Lipinski definition) is 7. The van der Waals surface area contributed by atoms with Gasteiger partial charge in [0, 0.05) is 42.4 Å². The van der Waals surface area contributed by atoms with Crippen molar-refractivity contribution in [2.45, 2.75) is 44.4 Å². The van der Waals surface area contributed by atoms with Gasteiger partial charge in [0.1, 0.15) is 12.4 Å². The van der Waals surface area contributed by atoms with Crippen LogP contribution in [0.15, 0.2) is 42.6 Å². The molecular weight excluding hydrogens is 414 g/mol. The Balaban J connectivity index is 1.23. The first-order valence-corrected chi connectivity index (χ1v) is 11.8. The van der Waals surface area contributed by atoms with Gasteiger partial charge in [-0.25, -0.2) is 0 Å². The summed E-state index contributed by atoms with van der Waals surface area (Å²) in [6.07, 6.45) is 7.04. The molecule has 1 aliphatic carbocycles. The second-order valence-electron chi connectivity index (χ2n) is 9.31. The van der Waals surface area contributed by atoms with E-state index in [2.05, 4.69) is 57.4 Å². The van der Waals surface area contributed by atoms with Crippen LogP contribution in [0.5, 0.6) is 11.8 Å². The van der Waals surface area contributed by atoms with Crippen LogP contribution in [0.3, 0.4) is 0 Å². The minimum Gasteiger partial charge on any atom is -0.480 e. The molecule has 7 nitrogen and oxygen atoms in total. The molecule has 1 atom stereocenters. The molecule has 170 valence electrons. The molecule has 0 N–H and O–H groups in total. The van der Waals surface area contributed by atoms with E-state index < -0.39 is 0 Å². The van der Waals surface area contributed by atoms with Gasteiger partial charge in [-0.15, -0.1) is 5.10 Å². The van der Waals surface area contributed by atoms with Crippen LogP contribution in [0.4, 0.5) is 5.82 Å². The molecule has 0 spiro atoms. The molecule has 4 heterocycles. The zero-order valence-corrected chi connectivity index (χ0v) is 19.2. The van der Waals surface area contributed by atoms with Gasteiger partial charge >= 0.3 is 0 Å². The maximum absolute atomic E-state index is 6.12. The SMILES string of the molecule is COc1cc(-c2ccc3c(c2)COc2nc(N4CCC(N(C)C5CCC5)C4)ccc2-3)cnn1. The first kappa shape index (κ1) is 20.4. The van der Waals surface area contributed by atoms with Crippen LogP contribution in [0.1, 0.15) is 31.2 Å². The van der Waals surface area contributed by atoms with Gasteiger partial charge in [-0.3, -0.25) is 4.90 Å². The summed E-state index contributed by atoms with van der Waals surface area (Å²) < 4.78 is 11.3. The molecule has 1 aromatic carbocycles. The fraction of sp³-hybridized carbons (Fsp3) is 0.423. The van der Waals surface area contributed by atoms with Crippen molar-refractivity contribution in [2.75, 3.05) is 32.1 Å². The van der Waals surface area contributed by atoms with Crippen LogP contribution in [0.2, 0.25) is 0 Å². The van der Waals surface area contributed by atoms with E-state index in [9.17, 15) is 0 Å². The summed E-state index contributed by atoms with van der Waals surface area (Å²) in [5.74, 6) is 2.26. The monoisotopic (exact) mass is 443 g/mol. The second kappa shape index (κ2) is 8.30. The number of pyridine rings is 1. The van der Waals surface area contributed by atoms with Crippen molar-refractivity contribution >= 4 is 5.82 Å². The molecular formula is C26H29N5O2. The van der Waals surface area contributed by atoms with Gasteiger partial charge in [0.15, 0.2) is 0 Å². The van der Waals surface area contributed by atoms with Gasteiger partial charge < -0.3 is 14.4 Å². The molecule has 0 amide bonds. The molecule has 0 bridgehead atoms. The molecule has 6 rings (SSSR count). The first-order chi connectivity index (χ1) is 16.2. The lowest BCUT2D eigenvalue weighted by molar-refractivity contribution is 0.119. The maximum Gasteiger partial charge on any atom is 0.233 e. The van der Waals surface area contributed by atoms with Crippen LogP contribution >= 0.6 is 0 Å². The van der Waals surface area contributed by atoms with Crippen LogP contribution in [0, 0.1) is 0 Å². The summed E-state index contributed by atoms with van der Waals surface area (Å²) in [5, 5.41) is 8.00. The van der Waals surface area contributed by atoms with Crippen molar-refractivity contribution in [1.82, 2.24) is 20.1 Å². The van der Waals surface area contributed by atoms with Gasteiger partial charge in [0.05, 0.1) is 13.3 Å². The van der Waals surface area contributed by atoms with Gasteiger partial charge in [0.25, 0.3) is 0 Å². The maximum atomic E-state index is 6.12. The highest BCUT2D eigenvalue weighted by Gasteiger charge is 2.33. The van der Waals surface area contributed by atoms with Crippen molar-refractivity contribution in [3.63, 3.8) is 0 Å². The third-order valence-corrected chi connectivity index (χ3v) is 7.49.